The fourth-order valence-electron chi connectivity index (χ4n) is 1.41. The summed E-state index contributed by atoms with van der Waals surface area (Å²) >= 11 is 0. The minimum absolute atomic E-state index is 0.0296. The Labute approximate surface area is 82.6 Å². The molecular formula is C9H15NO4. The van der Waals surface area contributed by atoms with Crippen LogP contribution < -0.4 is 0 Å². The van der Waals surface area contributed by atoms with Gasteiger partial charge in [-0.15, -0.1) is 0 Å². The number of carbonyl (C=O) groups excluding carboxylic acids is 1. The maximum absolute atomic E-state index is 11.6. The molecule has 0 aliphatic carbocycles. The van der Waals surface area contributed by atoms with Crippen LogP contribution in [0.15, 0.2) is 0 Å². The number of hydrogen-bond donors (Lipinski definition) is 1. The zero-order valence-electron chi connectivity index (χ0n) is 8.40. The van der Waals surface area contributed by atoms with Crippen LogP contribution in [0.5, 0.6) is 0 Å². The summed E-state index contributed by atoms with van der Waals surface area (Å²) in [5.74, 6) is -2.36. The van der Waals surface area contributed by atoms with Gasteiger partial charge in [-0.3, -0.25) is 9.59 Å². The smallest absolute Gasteiger partial charge is 0.315 e. The van der Waals surface area contributed by atoms with E-state index in [1.165, 1.54) is 6.92 Å². The van der Waals surface area contributed by atoms with Crippen molar-refractivity contribution in [2.45, 2.75) is 19.9 Å². The molecule has 5 nitrogen and oxygen atoms in total. The van der Waals surface area contributed by atoms with E-state index in [2.05, 4.69) is 0 Å². The summed E-state index contributed by atoms with van der Waals surface area (Å²) in [5.41, 5.74) is 0. The van der Waals surface area contributed by atoms with Crippen LogP contribution in [-0.4, -0.2) is 47.7 Å². The van der Waals surface area contributed by atoms with Crippen LogP contribution >= 0.6 is 0 Å². The van der Waals surface area contributed by atoms with E-state index in [1.807, 2.05) is 6.92 Å². The predicted octanol–water partition coefficient (Wildman–Crippen LogP) is -0.0456. The summed E-state index contributed by atoms with van der Waals surface area (Å²) < 4.78 is 5.16. The molecule has 0 bridgehead atoms. The maximum atomic E-state index is 11.6. The van der Waals surface area contributed by atoms with Gasteiger partial charge in [0.1, 0.15) is 5.92 Å². The standard InChI is InChI=1S/C9H15NO4/c1-6-5-14-4-3-10(6)8(11)7(2)9(12)13/h6-7H,3-5H2,1-2H3,(H,12,13). The number of carboxylic acids is 1. The zero-order valence-corrected chi connectivity index (χ0v) is 8.40. The van der Waals surface area contributed by atoms with Gasteiger partial charge in [0.15, 0.2) is 0 Å². The summed E-state index contributed by atoms with van der Waals surface area (Å²) in [6, 6.07) is -0.0296. The van der Waals surface area contributed by atoms with Crippen LogP contribution in [0.2, 0.25) is 0 Å². The van der Waals surface area contributed by atoms with Crippen molar-refractivity contribution in [3.8, 4) is 0 Å². The van der Waals surface area contributed by atoms with Gasteiger partial charge in [-0.2, -0.15) is 0 Å². The molecule has 1 aliphatic rings. The third kappa shape index (κ3) is 2.23. The van der Waals surface area contributed by atoms with E-state index in [0.717, 1.165) is 0 Å². The molecule has 0 aromatic carbocycles. The highest BCUT2D eigenvalue weighted by atomic mass is 16.5. The third-order valence-electron chi connectivity index (χ3n) is 2.39. The molecule has 14 heavy (non-hydrogen) atoms. The van der Waals surface area contributed by atoms with Gasteiger partial charge < -0.3 is 14.7 Å². The molecule has 5 heteroatoms. The highest BCUT2D eigenvalue weighted by Gasteiger charge is 2.30. The van der Waals surface area contributed by atoms with Crippen LogP contribution in [0.25, 0.3) is 0 Å². The van der Waals surface area contributed by atoms with E-state index >= 15 is 0 Å². The summed E-state index contributed by atoms with van der Waals surface area (Å²) in [6.45, 7) is 4.72. The first-order chi connectivity index (χ1) is 6.54. The molecule has 0 saturated carbocycles. The Bertz CT molecular complexity index is 241. The van der Waals surface area contributed by atoms with Gasteiger partial charge in [0, 0.05) is 6.54 Å². The lowest BCUT2D eigenvalue weighted by Gasteiger charge is -2.34. The molecule has 1 saturated heterocycles. The Morgan fingerprint density at radius 2 is 2.21 bits per heavy atom. The van der Waals surface area contributed by atoms with Crippen LogP contribution in [0.4, 0.5) is 0 Å². The van der Waals surface area contributed by atoms with E-state index in [4.69, 9.17) is 9.84 Å². The van der Waals surface area contributed by atoms with Crippen molar-refractivity contribution in [2.75, 3.05) is 19.8 Å². The maximum Gasteiger partial charge on any atom is 0.315 e. The highest BCUT2D eigenvalue weighted by Crippen LogP contribution is 2.11. The van der Waals surface area contributed by atoms with Crippen molar-refractivity contribution < 1.29 is 19.4 Å². The number of hydrogen-bond acceptors (Lipinski definition) is 3. The third-order valence-corrected chi connectivity index (χ3v) is 2.39. The van der Waals surface area contributed by atoms with E-state index in [1.54, 1.807) is 4.90 Å². The second-order valence-corrected chi connectivity index (χ2v) is 3.52. The Hall–Kier alpha value is -1.10. The average molecular weight is 201 g/mol. The Kier molecular flexibility index (Phi) is 3.46. The molecule has 0 aromatic rings. The van der Waals surface area contributed by atoms with E-state index in [9.17, 15) is 9.59 Å². The lowest BCUT2D eigenvalue weighted by atomic mass is 10.1. The molecule has 80 valence electrons. The highest BCUT2D eigenvalue weighted by molar-refractivity contribution is 5.96. The Morgan fingerprint density at radius 3 is 2.71 bits per heavy atom. The molecule has 0 spiro atoms. The van der Waals surface area contributed by atoms with E-state index < -0.39 is 11.9 Å². The molecule has 1 aliphatic heterocycles. The fraction of sp³-hybridized carbons (Fsp3) is 0.778. The van der Waals surface area contributed by atoms with E-state index in [0.29, 0.717) is 19.8 Å². The number of aliphatic carboxylic acids is 1. The average Bonchev–Trinajstić information content (AvgIpc) is 2.16. The van der Waals surface area contributed by atoms with Gasteiger partial charge in [0.25, 0.3) is 0 Å². The lowest BCUT2D eigenvalue weighted by molar-refractivity contribution is -0.154. The van der Waals surface area contributed by atoms with Crippen LogP contribution in [0, 0.1) is 5.92 Å². The molecule has 1 heterocycles. The van der Waals surface area contributed by atoms with Gasteiger partial charge in [-0.1, -0.05) is 0 Å². The molecule has 0 radical (unpaired) electrons. The van der Waals surface area contributed by atoms with Crippen molar-refractivity contribution in [2.24, 2.45) is 5.92 Å². The summed E-state index contributed by atoms with van der Waals surface area (Å²) in [4.78, 5) is 23.8. The van der Waals surface area contributed by atoms with Crippen molar-refractivity contribution >= 4 is 11.9 Å². The predicted molar refractivity (Wildman–Crippen MR) is 48.8 cm³/mol. The molecule has 2 unspecified atom stereocenters. The van der Waals surface area contributed by atoms with Crippen molar-refractivity contribution in [1.82, 2.24) is 4.90 Å². The van der Waals surface area contributed by atoms with Crippen molar-refractivity contribution in [3.05, 3.63) is 0 Å². The molecular weight excluding hydrogens is 186 g/mol. The largest absolute Gasteiger partial charge is 0.481 e. The van der Waals surface area contributed by atoms with Crippen molar-refractivity contribution in [1.29, 1.82) is 0 Å². The van der Waals surface area contributed by atoms with Gasteiger partial charge in [0.2, 0.25) is 5.91 Å². The second kappa shape index (κ2) is 4.41. The lowest BCUT2D eigenvalue weighted by Crippen LogP contribution is -2.50. The van der Waals surface area contributed by atoms with Gasteiger partial charge in [0.05, 0.1) is 19.3 Å². The van der Waals surface area contributed by atoms with Crippen LogP contribution in [0.3, 0.4) is 0 Å². The number of morpholine rings is 1. The summed E-state index contributed by atoms with van der Waals surface area (Å²) in [5, 5.41) is 8.69. The molecule has 2 atom stereocenters. The monoisotopic (exact) mass is 201 g/mol. The Balaban J connectivity index is 2.62. The molecule has 1 amide bonds. The number of amides is 1. The normalized spacial score (nSPS) is 24.4. The van der Waals surface area contributed by atoms with Gasteiger partial charge in [-0.25, -0.2) is 0 Å². The van der Waals surface area contributed by atoms with Gasteiger partial charge >= 0.3 is 5.97 Å². The summed E-state index contributed by atoms with van der Waals surface area (Å²) in [7, 11) is 0. The topological polar surface area (TPSA) is 66.8 Å². The van der Waals surface area contributed by atoms with E-state index in [-0.39, 0.29) is 11.9 Å². The zero-order chi connectivity index (χ0) is 10.7. The van der Waals surface area contributed by atoms with Crippen LogP contribution in [0.1, 0.15) is 13.8 Å². The molecule has 1 fully saturated rings. The number of ether oxygens (including phenoxy) is 1. The first kappa shape index (κ1) is 11.0. The quantitative estimate of drug-likeness (QED) is 0.636. The minimum Gasteiger partial charge on any atom is -0.481 e. The summed E-state index contributed by atoms with van der Waals surface area (Å²) in [6.07, 6.45) is 0. The van der Waals surface area contributed by atoms with Crippen molar-refractivity contribution in [3.63, 3.8) is 0 Å². The molecule has 1 rings (SSSR count). The number of carboxylic acid groups (broad SMARTS) is 1. The number of rotatable bonds is 2. The first-order valence-corrected chi connectivity index (χ1v) is 4.65. The first-order valence-electron chi connectivity index (χ1n) is 4.65. The fourth-order valence-corrected chi connectivity index (χ4v) is 1.41. The minimum atomic E-state index is -1.08. The number of nitrogens with zero attached hydrogens (tertiary/aromatic N) is 1. The molecule has 0 aromatic heterocycles. The van der Waals surface area contributed by atoms with Crippen LogP contribution in [-0.2, 0) is 14.3 Å². The second-order valence-electron chi connectivity index (χ2n) is 3.52. The number of carbonyl (C=O) groups is 2. The SMILES string of the molecule is CC(C(=O)O)C(=O)N1CCOCC1C. The molecule has 1 N–H and O–H groups in total. The van der Waals surface area contributed by atoms with Gasteiger partial charge in [-0.05, 0) is 13.8 Å². The Morgan fingerprint density at radius 1 is 1.57 bits per heavy atom.